The van der Waals surface area contributed by atoms with Crippen molar-refractivity contribution >= 4 is 5.82 Å². The summed E-state index contributed by atoms with van der Waals surface area (Å²) in [7, 11) is 1.94. The van der Waals surface area contributed by atoms with Crippen LogP contribution in [0.2, 0.25) is 0 Å². The highest BCUT2D eigenvalue weighted by atomic mass is 15.2. The first kappa shape index (κ1) is 12.6. The van der Waals surface area contributed by atoms with Crippen LogP contribution in [0.15, 0.2) is 42.6 Å². The molecule has 0 unspecified atom stereocenters. The molecule has 4 nitrogen and oxygen atoms in total. The lowest BCUT2D eigenvalue weighted by Gasteiger charge is -2.18. The summed E-state index contributed by atoms with van der Waals surface area (Å²) in [5.74, 6) is 0.809. The van der Waals surface area contributed by atoms with Gasteiger partial charge in [-0.3, -0.25) is 0 Å². The topological polar surface area (TPSA) is 63.7 Å². The molecule has 0 amide bonds. The van der Waals surface area contributed by atoms with E-state index < -0.39 is 0 Å². The number of pyridine rings is 1. The van der Waals surface area contributed by atoms with Crippen molar-refractivity contribution in [2.24, 2.45) is 0 Å². The third kappa shape index (κ3) is 3.08. The minimum Gasteiger partial charge on any atom is -0.355 e. The van der Waals surface area contributed by atoms with E-state index in [9.17, 15) is 0 Å². The maximum atomic E-state index is 8.74. The van der Waals surface area contributed by atoms with Gasteiger partial charge in [0.05, 0.1) is 17.2 Å². The number of benzene rings is 1. The predicted octanol–water partition coefficient (Wildman–Crippen LogP) is 2.46. The van der Waals surface area contributed by atoms with Gasteiger partial charge in [0.15, 0.2) is 0 Å². The Bertz CT molecular complexity index is 630. The molecule has 0 spiro atoms. The average molecular weight is 248 g/mol. The van der Waals surface area contributed by atoms with Crippen LogP contribution in [0.3, 0.4) is 0 Å². The van der Waals surface area contributed by atoms with Gasteiger partial charge in [0, 0.05) is 19.8 Å². The first-order chi connectivity index (χ1) is 9.22. The third-order valence-electron chi connectivity index (χ3n) is 2.77. The number of aromatic nitrogens is 1. The number of rotatable bonds is 3. The average Bonchev–Trinajstić information content (AvgIpc) is 2.48. The maximum absolute atomic E-state index is 8.74. The highest BCUT2D eigenvalue weighted by Crippen LogP contribution is 2.13. The van der Waals surface area contributed by atoms with Crippen molar-refractivity contribution in [2.45, 2.75) is 6.54 Å². The van der Waals surface area contributed by atoms with Gasteiger partial charge in [-0.05, 0) is 29.8 Å². The molecule has 0 bridgehead atoms. The van der Waals surface area contributed by atoms with Gasteiger partial charge in [0.2, 0.25) is 0 Å². The van der Waals surface area contributed by atoms with Crippen LogP contribution < -0.4 is 4.90 Å². The van der Waals surface area contributed by atoms with Crippen molar-refractivity contribution in [2.75, 3.05) is 11.9 Å². The molecule has 0 fully saturated rings. The largest absolute Gasteiger partial charge is 0.355 e. The van der Waals surface area contributed by atoms with E-state index in [0.717, 1.165) is 11.4 Å². The fraction of sp³-hybridized carbons (Fsp3) is 0.133. The molecule has 2 aromatic rings. The lowest BCUT2D eigenvalue weighted by atomic mass is 10.1. The van der Waals surface area contributed by atoms with Crippen LogP contribution in [-0.2, 0) is 6.54 Å². The molecule has 0 atom stereocenters. The summed E-state index contributed by atoms with van der Waals surface area (Å²) in [6.45, 7) is 0.699. The highest BCUT2D eigenvalue weighted by molar-refractivity contribution is 5.42. The van der Waals surface area contributed by atoms with Crippen molar-refractivity contribution in [3.8, 4) is 12.1 Å². The molecule has 0 aliphatic carbocycles. The van der Waals surface area contributed by atoms with Crippen molar-refractivity contribution in [3.63, 3.8) is 0 Å². The number of anilines is 1. The molecule has 4 heteroatoms. The number of hydrogen-bond acceptors (Lipinski definition) is 4. The van der Waals surface area contributed by atoms with Crippen LogP contribution in [0.1, 0.15) is 16.7 Å². The van der Waals surface area contributed by atoms with Crippen molar-refractivity contribution in [1.82, 2.24) is 4.98 Å². The first-order valence-corrected chi connectivity index (χ1v) is 5.79. The Labute approximate surface area is 112 Å². The van der Waals surface area contributed by atoms with Crippen molar-refractivity contribution in [1.29, 1.82) is 10.5 Å². The Hall–Kier alpha value is -2.85. The van der Waals surface area contributed by atoms with Crippen LogP contribution in [0.4, 0.5) is 5.82 Å². The van der Waals surface area contributed by atoms with E-state index in [1.54, 1.807) is 24.4 Å². The van der Waals surface area contributed by atoms with E-state index in [1.807, 2.05) is 36.2 Å². The molecule has 0 radical (unpaired) electrons. The zero-order chi connectivity index (χ0) is 13.7. The van der Waals surface area contributed by atoms with Crippen LogP contribution >= 0.6 is 0 Å². The molecular weight excluding hydrogens is 236 g/mol. The molecule has 0 aliphatic rings. The Kier molecular flexibility index (Phi) is 3.75. The summed E-state index contributed by atoms with van der Waals surface area (Å²) in [6, 6.07) is 15.2. The van der Waals surface area contributed by atoms with E-state index in [-0.39, 0.29) is 0 Å². The lowest BCUT2D eigenvalue weighted by Crippen LogP contribution is -2.17. The quantitative estimate of drug-likeness (QED) is 0.837. The van der Waals surface area contributed by atoms with Gasteiger partial charge in [-0.25, -0.2) is 4.98 Å². The molecule has 0 aliphatic heterocycles. The number of nitrogens with zero attached hydrogens (tertiary/aromatic N) is 4. The third-order valence-corrected chi connectivity index (χ3v) is 2.77. The zero-order valence-corrected chi connectivity index (χ0v) is 10.5. The lowest BCUT2D eigenvalue weighted by molar-refractivity contribution is 0.897. The van der Waals surface area contributed by atoms with E-state index in [4.69, 9.17) is 10.5 Å². The predicted molar refractivity (Wildman–Crippen MR) is 72.2 cm³/mol. The molecule has 0 saturated heterocycles. The minimum atomic E-state index is 0.551. The summed E-state index contributed by atoms with van der Waals surface area (Å²) >= 11 is 0. The van der Waals surface area contributed by atoms with E-state index in [0.29, 0.717) is 17.7 Å². The second kappa shape index (κ2) is 5.66. The Morgan fingerprint density at radius 2 is 1.63 bits per heavy atom. The summed E-state index contributed by atoms with van der Waals surface area (Å²) in [4.78, 5) is 6.22. The van der Waals surface area contributed by atoms with Gasteiger partial charge in [-0.1, -0.05) is 12.1 Å². The molecular formula is C15H12N4. The fourth-order valence-corrected chi connectivity index (χ4v) is 1.72. The van der Waals surface area contributed by atoms with E-state index in [1.165, 1.54) is 0 Å². The fourth-order valence-electron chi connectivity index (χ4n) is 1.72. The normalized spacial score (nSPS) is 9.42. The zero-order valence-electron chi connectivity index (χ0n) is 10.5. The standard InChI is InChI=1S/C15H12N4/c1-19(15-7-6-14(9-17)10-18-15)11-13-4-2-12(8-16)3-5-13/h2-7,10H,11H2,1H3. The molecule has 0 saturated carbocycles. The van der Waals surface area contributed by atoms with Crippen LogP contribution in [-0.4, -0.2) is 12.0 Å². The second-order valence-corrected chi connectivity index (χ2v) is 4.18. The highest BCUT2D eigenvalue weighted by Gasteiger charge is 2.03. The van der Waals surface area contributed by atoms with Crippen molar-refractivity contribution < 1.29 is 0 Å². The van der Waals surface area contributed by atoms with Crippen molar-refractivity contribution in [3.05, 3.63) is 59.3 Å². The van der Waals surface area contributed by atoms with E-state index >= 15 is 0 Å². The SMILES string of the molecule is CN(Cc1ccc(C#N)cc1)c1ccc(C#N)cn1. The van der Waals surface area contributed by atoms with E-state index in [2.05, 4.69) is 11.1 Å². The van der Waals surface area contributed by atoms with Crippen LogP contribution in [0, 0.1) is 22.7 Å². The molecule has 1 heterocycles. The monoisotopic (exact) mass is 248 g/mol. The molecule has 1 aromatic heterocycles. The summed E-state index contributed by atoms with van der Waals surface area (Å²) in [5, 5.41) is 17.5. The van der Waals surface area contributed by atoms with Gasteiger partial charge in [0.25, 0.3) is 0 Å². The Morgan fingerprint density at radius 1 is 1.00 bits per heavy atom. The molecule has 92 valence electrons. The smallest absolute Gasteiger partial charge is 0.128 e. The summed E-state index contributed by atoms with van der Waals surface area (Å²) < 4.78 is 0. The first-order valence-electron chi connectivity index (χ1n) is 5.79. The van der Waals surface area contributed by atoms with Gasteiger partial charge >= 0.3 is 0 Å². The second-order valence-electron chi connectivity index (χ2n) is 4.18. The Balaban J connectivity index is 2.09. The van der Waals surface area contributed by atoms with Gasteiger partial charge in [0.1, 0.15) is 11.9 Å². The summed E-state index contributed by atoms with van der Waals surface area (Å²) in [6.07, 6.45) is 1.56. The van der Waals surface area contributed by atoms with Crippen LogP contribution in [0.5, 0.6) is 0 Å². The summed E-state index contributed by atoms with van der Waals surface area (Å²) in [5.41, 5.74) is 2.31. The molecule has 0 N–H and O–H groups in total. The van der Waals surface area contributed by atoms with Gasteiger partial charge < -0.3 is 4.90 Å². The maximum Gasteiger partial charge on any atom is 0.128 e. The minimum absolute atomic E-state index is 0.551. The Morgan fingerprint density at radius 3 is 2.16 bits per heavy atom. The molecule has 1 aromatic carbocycles. The number of hydrogen-bond donors (Lipinski definition) is 0. The molecule has 19 heavy (non-hydrogen) atoms. The van der Waals surface area contributed by atoms with Crippen LogP contribution in [0.25, 0.3) is 0 Å². The number of nitriles is 2. The van der Waals surface area contributed by atoms with Gasteiger partial charge in [-0.15, -0.1) is 0 Å². The van der Waals surface area contributed by atoms with Gasteiger partial charge in [-0.2, -0.15) is 10.5 Å². The molecule has 2 rings (SSSR count).